The number of hydrogen-bond acceptors (Lipinski definition) is 3. The van der Waals surface area contributed by atoms with Crippen LogP contribution in [-0.2, 0) is 16.1 Å². The highest BCUT2D eigenvalue weighted by molar-refractivity contribution is 5.76. The predicted octanol–water partition coefficient (Wildman–Crippen LogP) is 2.25. The molecule has 122 valence electrons. The van der Waals surface area contributed by atoms with Crippen LogP contribution in [-0.4, -0.2) is 42.6 Å². The van der Waals surface area contributed by atoms with Gasteiger partial charge in [-0.05, 0) is 44.0 Å². The molecule has 0 spiro atoms. The molecule has 1 fully saturated rings. The zero-order chi connectivity index (χ0) is 16.1. The molecule has 22 heavy (non-hydrogen) atoms. The largest absolute Gasteiger partial charge is 0.375 e. The zero-order valence-electron chi connectivity index (χ0n) is 13.6. The van der Waals surface area contributed by atoms with E-state index in [1.807, 2.05) is 6.92 Å². The molecule has 1 aliphatic rings. The summed E-state index contributed by atoms with van der Waals surface area (Å²) in [4.78, 5) is 14.4. The lowest BCUT2D eigenvalue weighted by Gasteiger charge is -2.35. The first-order chi connectivity index (χ1) is 10.5. The van der Waals surface area contributed by atoms with Crippen molar-refractivity contribution in [3.8, 4) is 0 Å². The van der Waals surface area contributed by atoms with E-state index in [9.17, 15) is 9.18 Å². The average Bonchev–Trinajstić information content (AvgIpc) is 2.48. The first-order valence-electron chi connectivity index (χ1n) is 7.83. The number of carbonyl (C=O) groups excluding carboxylic acids is 1. The SMILES string of the molecule is Cc1ccc(F)cc1CNC(=O)C[C@@H]1CN(C(C)C)CCO1. The van der Waals surface area contributed by atoms with Gasteiger partial charge in [0.15, 0.2) is 0 Å². The maximum atomic E-state index is 13.2. The first kappa shape index (κ1) is 16.9. The summed E-state index contributed by atoms with van der Waals surface area (Å²) in [6, 6.07) is 5.08. The number of halogens is 1. The summed E-state index contributed by atoms with van der Waals surface area (Å²) in [6.07, 6.45) is 0.280. The molecule has 0 aromatic heterocycles. The van der Waals surface area contributed by atoms with Crippen LogP contribution in [0.5, 0.6) is 0 Å². The highest BCUT2D eigenvalue weighted by atomic mass is 19.1. The Balaban J connectivity index is 1.81. The number of rotatable bonds is 5. The molecule has 0 bridgehead atoms. The van der Waals surface area contributed by atoms with Gasteiger partial charge < -0.3 is 10.1 Å². The van der Waals surface area contributed by atoms with Crippen molar-refractivity contribution >= 4 is 5.91 Å². The van der Waals surface area contributed by atoms with Crippen LogP contribution in [0, 0.1) is 12.7 Å². The molecular weight excluding hydrogens is 283 g/mol. The van der Waals surface area contributed by atoms with E-state index in [2.05, 4.69) is 24.1 Å². The van der Waals surface area contributed by atoms with Crippen molar-refractivity contribution in [2.75, 3.05) is 19.7 Å². The minimum absolute atomic E-state index is 0.0562. The zero-order valence-corrected chi connectivity index (χ0v) is 13.6. The number of ether oxygens (including phenoxy) is 1. The number of benzene rings is 1. The Morgan fingerprint density at radius 1 is 1.50 bits per heavy atom. The predicted molar refractivity (Wildman–Crippen MR) is 84.0 cm³/mol. The van der Waals surface area contributed by atoms with E-state index in [1.165, 1.54) is 12.1 Å². The van der Waals surface area contributed by atoms with Gasteiger partial charge in [-0.25, -0.2) is 4.39 Å². The third-order valence-electron chi connectivity index (χ3n) is 4.10. The number of aryl methyl sites for hydroxylation is 1. The molecule has 1 aliphatic heterocycles. The van der Waals surface area contributed by atoms with Gasteiger partial charge in [-0.2, -0.15) is 0 Å². The van der Waals surface area contributed by atoms with Crippen LogP contribution >= 0.6 is 0 Å². The quantitative estimate of drug-likeness (QED) is 0.907. The monoisotopic (exact) mass is 308 g/mol. The lowest BCUT2D eigenvalue weighted by atomic mass is 10.1. The lowest BCUT2D eigenvalue weighted by molar-refractivity contribution is -0.126. The molecule has 2 rings (SSSR count). The van der Waals surface area contributed by atoms with E-state index in [1.54, 1.807) is 6.07 Å². The molecule has 0 saturated carbocycles. The van der Waals surface area contributed by atoms with Crippen molar-refractivity contribution in [1.82, 2.24) is 10.2 Å². The van der Waals surface area contributed by atoms with Crippen molar-refractivity contribution in [2.24, 2.45) is 0 Å². The molecule has 1 aromatic rings. The normalized spacial score (nSPS) is 19.4. The number of amides is 1. The van der Waals surface area contributed by atoms with E-state index in [-0.39, 0.29) is 17.8 Å². The summed E-state index contributed by atoms with van der Waals surface area (Å²) in [5, 5.41) is 2.85. The second-order valence-corrected chi connectivity index (χ2v) is 6.13. The molecule has 5 heteroatoms. The van der Waals surface area contributed by atoms with Crippen LogP contribution < -0.4 is 5.32 Å². The second-order valence-electron chi connectivity index (χ2n) is 6.13. The Morgan fingerprint density at radius 2 is 2.27 bits per heavy atom. The van der Waals surface area contributed by atoms with Gasteiger partial charge in [0.25, 0.3) is 0 Å². The van der Waals surface area contributed by atoms with E-state index in [4.69, 9.17) is 4.74 Å². The lowest BCUT2D eigenvalue weighted by Crippen LogP contribution is -2.47. The van der Waals surface area contributed by atoms with Crippen molar-refractivity contribution in [1.29, 1.82) is 0 Å². The standard InChI is InChI=1S/C17H25FN2O2/c1-12(2)20-6-7-22-16(11-20)9-17(21)19-10-14-8-15(18)5-4-13(14)3/h4-5,8,12,16H,6-7,9-11H2,1-3H3,(H,19,21)/t16-/m1/s1. The number of nitrogens with zero attached hydrogens (tertiary/aromatic N) is 1. The molecule has 0 aliphatic carbocycles. The summed E-state index contributed by atoms with van der Waals surface area (Å²) in [7, 11) is 0. The molecule has 1 amide bonds. The smallest absolute Gasteiger partial charge is 0.222 e. The molecule has 1 atom stereocenters. The Morgan fingerprint density at radius 3 is 3.00 bits per heavy atom. The topological polar surface area (TPSA) is 41.6 Å². The Kier molecular flexibility index (Phi) is 5.91. The molecular formula is C17H25FN2O2. The van der Waals surface area contributed by atoms with Crippen molar-refractivity contribution in [3.05, 3.63) is 35.1 Å². The van der Waals surface area contributed by atoms with E-state index in [0.29, 0.717) is 25.6 Å². The highest BCUT2D eigenvalue weighted by Crippen LogP contribution is 2.13. The van der Waals surface area contributed by atoms with Crippen molar-refractivity contribution < 1.29 is 13.9 Å². The highest BCUT2D eigenvalue weighted by Gasteiger charge is 2.24. The average molecular weight is 308 g/mol. The number of hydrogen-bond donors (Lipinski definition) is 1. The molecule has 1 saturated heterocycles. The molecule has 1 N–H and O–H groups in total. The molecule has 1 aromatic carbocycles. The Bertz CT molecular complexity index is 519. The van der Waals surface area contributed by atoms with Crippen LogP contribution in [0.1, 0.15) is 31.4 Å². The summed E-state index contributed by atoms with van der Waals surface area (Å²) in [5.74, 6) is -0.336. The summed E-state index contributed by atoms with van der Waals surface area (Å²) in [5.41, 5.74) is 1.78. The van der Waals surface area contributed by atoms with Gasteiger partial charge >= 0.3 is 0 Å². The van der Waals surface area contributed by atoms with Crippen LogP contribution in [0.15, 0.2) is 18.2 Å². The molecule has 4 nitrogen and oxygen atoms in total. The fraction of sp³-hybridized carbons (Fsp3) is 0.588. The second kappa shape index (κ2) is 7.70. The van der Waals surface area contributed by atoms with E-state index >= 15 is 0 Å². The number of nitrogens with one attached hydrogen (secondary N) is 1. The van der Waals surface area contributed by atoms with Crippen LogP contribution in [0.25, 0.3) is 0 Å². The van der Waals surface area contributed by atoms with Gasteiger partial charge in [-0.3, -0.25) is 9.69 Å². The maximum absolute atomic E-state index is 13.2. The number of carbonyl (C=O) groups is 1. The summed E-state index contributed by atoms with van der Waals surface area (Å²) < 4.78 is 18.9. The first-order valence-corrected chi connectivity index (χ1v) is 7.83. The van der Waals surface area contributed by atoms with Gasteiger partial charge in [-0.15, -0.1) is 0 Å². The number of morpholine rings is 1. The summed E-state index contributed by atoms with van der Waals surface area (Å²) in [6.45, 7) is 8.92. The minimum atomic E-state index is -0.280. The van der Waals surface area contributed by atoms with E-state index < -0.39 is 0 Å². The van der Waals surface area contributed by atoms with Crippen molar-refractivity contribution in [3.63, 3.8) is 0 Å². The van der Waals surface area contributed by atoms with Crippen molar-refractivity contribution in [2.45, 2.75) is 45.9 Å². The molecule has 0 unspecified atom stereocenters. The molecule has 1 heterocycles. The third kappa shape index (κ3) is 4.78. The van der Waals surface area contributed by atoms with Crippen LogP contribution in [0.4, 0.5) is 4.39 Å². The maximum Gasteiger partial charge on any atom is 0.222 e. The van der Waals surface area contributed by atoms with Gasteiger partial charge in [0, 0.05) is 25.7 Å². The van der Waals surface area contributed by atoms with Crippen LogP contribution in [0.2, 0.25) is 0 Å². The van der Waals surface area contributed by atoms with Crippen LogP contribution in [0.3, 0.4) is 0 Å². The fourth-order valence-corrected chi connectivity index (χ4v) is 2.64. The van der Waals surface area contributed by atoms with Gasteiger partial charge in [-0.1, -0.05) is 6.07 Å². The Labute approximate surface area is 131 Å². The van der Waals surface area contributed by atoms with Gasteiger partial charge in [0.05, 0.1) is 19.1 Å². The summed E-state index contributed by atoms with van der Waals surface area (Å²) >= 11 is 0. The molecule has 0 radical (unpaired) electrons. The van der Waals surface area contributed by atoms with Gasteiger partial charge in [0.1, 0.15) is 5.82 Å². The minimum Gasteiger partial charge on any atom is -0.375 e. The van der Waals surface area contributed by atoms with Gasteiger partial charge in [0.2, 0.25) is 5.91 Å². The fourth-order valence-electron chi connectivity index (χ4n) is 2.64. The third-order valence-corrected chi connectivity index (χ3v) is 4.10. The Hall–Kier alpha value is -1.46. The van der Waals surface area contributed by atoms with E-state index in [0.717, 1.165) is 24.2 Å².